The molecule has 0 amide bonds. The molecule has 2 heteroatoms. The lowest BCUT2D eigenvalue weighted by molar-refractivity contribution is 0.660. The Balaban J connectivity index is 2.40. The van der Waals surface area contributed by atoms with Crippen LogP contribution in [0.15, 0.2) is 18.2 Å². The summed E-state index contributed by atoms with van der Waals surface area (Å²) in [6.45, 7) is 5.56. The molecule has 0 saturated heterocycles. The molecule has 2 rings (SSSR count). The van der Waals surface area contributed by atoms with Gasteiger partial charge in [0.15, 0.2) is 0 Å². The van der Waals surface area contributed by atoms with Gasteiger partial charge in [-0.1, -0.05) is 26.0 Å². The van der Waals surface area contributed by atoms with Crippen molar-refractivity contribution in [3.05, 3.63) is 23.8 Å². The zero-order valence-corrected chi connectivity index (χ0v) is 9.88. The fraction of sp³-hybridized carbons (Fsp3) is 0.538. The Morgan fingerprint density at radius 2 is 2.20 bits per heavy atom. The van der Waals surface area contributed by atoms with Gasteiger partial charge < -0.3 is 10.2 Å². The number of fused-ring (bicyclic) bond motifs is 1. The number of rotatable bonds is 2. The van der Waals surface area contributed by atoms with Gasteiger partial charge in [0.1, 0.15) is 0 Å². The van der Waals surface area contributed by atoms with Crippen molar-refractivity contribution in [1.29, 1.82) is 0 Å². The topological polar surface area (TPSA) is 15.3 Å². The second kappa shape index (κ2) is 4.13. The number of nitrogens with one attached hydrogen (secondary N) is 1. The highest BCUT2D eigenvalue weighted by molar-refractivity contribution is 5.75. The molecule has 82 valence electrons. The average Bonchev–Trinajstić information content (AvgIpc) is 2.28. The van der Waals surface area contributed by atoms with E-state index in [1.54, 1.807) is 0 Å². The molecule has 1 aromatic carbocycles. The van der Waals surface area contributed by atoms with E-state index in [0.717, 1.165) is 13.0 Å². The first-order valence-electron chi connectivity index (χ1n) is 5.85. The van der Waals surface area contributed by atoms with E-state index in [0.29, 0.717) is 6.04 Å². The maximum absolute atomic E-state index is 3.65. The van der Waals surface area contributed by atoms with Crippen molar-refractivity contribution in [3.63, 3.8) is 0 Å². The normalized spacial score (nSPS) is 19.7. The van der Waals surface area contributed by atoms with E-state index in [1.807, 2.05) is 0 Å². The lowest BCUT2D eigenvalue weighted by Crippen LogP contribution is -2.39. The molecule has 0 saturated carbocycles. The molecule has 0 bridgehead atoms. The number of hydrogen-bond acceptors (Lipinski definition) is 2. The van der Waals surface area contributed by atoms with Crippen molar-refractivity contribution in [2.75, 3.05) is 23.8 Å². The average molecular weight is 204 g/mol. The van der Waals surface area contributed by atoms with E-state index in [9.17, 15) is 0 Å². The second-order valence-electron chi connectivity index (χ2n) is 4.29. The number of hydrogen-bond donors (Lipinski definition) is 1. The lowest BCUT2D eigenvalue weighted by Gasteiger charge is -2.35. The lowest BCUT2D eigenvalue weighted by atomic mass is 10.0. The summed E-state index contributed by atoms with van der Waals surface area (Å²) in [4.78, 5) is 2.36. The Morgan fingerprint density at radius 3 is 2.87 bits per heavy atom. The highest BCUT2D eigenvalue weighted by Crippen LogP contribution is 2.33. The SMILES string of the molecule is CCc1cccc2c1NC(CC)CN2C. The summed E-state index contributed by atoms with van der Waals surface area (Å²) in [5, 5.41) is 3.65. The van der Waals surface area contributed by atoms with Gasteiger partial charge in [-0.2, -0.15) is 0 Å². The zero-order chi connectivity index (χ0) is 10.8. The Kier molecular flexibility index (Phi) is 2.85. The van der Waals surface area contributed by atoms with Crippen molar-refractivity contribution in [3.8, 4) is 0 Å². The first-order valence-corrected chi connectivity index (χ1v) is 5.85. The fourth-order valence-corrected chi connectivity index (χ4v) is 2.28. The van der Waals surface area contributed by atoms with Crippen molar-refractivity contribution < 1.29 is 0 Å². The Hall–Kier alpha value is -1.18. The fourth-order valence-electron chi connectivity index (χ4n) is 2.28. The van der Waals surface area contributed by atoms with Crippen LogP contribution in [0.1, 0.15) is 25.8 Å². The summed E-state index contributed by atoms with van der Waals surface area (Å²) >= 11 is 0. The Bertz CT molecular complexity index is 346. The summed E-state index contributed by atoms with van der Waals surface area (Å²) in [6.07, 6.45) is 2.28. The molecule has 15 heavy (non-hydrogen) atoms. The van der Waals surface area contributed by atoms with Crippen LogP contribution in [0.25, 0.3) is 0 Å². The van der Waals surface area contributed by atoms with Crippen LogP contribution in [0.2, 0.25) is 0 Å². The number of nitrogens with zero attached hydrogens (tertiary/aromatic N) is 1. The summed E-state index contributed by atoms with van der Waals surface area (Å²) in [6, 6.07) is 7.17. The van der Waals surface area contributed by atoms with E-state index in [2.05, 4.69) is 49.3 Å². The van der Waals surface area contributed by atoms with E-state index >= 15 is 0 Å². The van der Waals surface area contributed by atoms with Gasteiger partial charge in [0.25, 0.3) is 0 Å². The molecule has 0 spiro atoms. The molecule has 0 aliphatic carbocycles. The zero-order valence-electron chi connectivity index (χ0n) is 9.88. The highest BCUT2D eigenvalue weighted by atomic mass is 15.2. The summed E-state index contributed by atoms with van der Waals surface area (Å²) in [5.74, 6) is 0. The van der Waals surface area contributed by atoms with Gasteiger partial charge in [-0.15, -0.1) is 0 Å². The highest BCUT2D eigenvalue weighted by Gasteiger charge is 2.21. The Labute approximate surface area is 92.3 Å². The van der Waals surface area contributed by atoms with Crippen molar-refractivity contribution in [2.24, 2.45) is 0 Å². The number of likely N-dealkylation sites (N-methyl/N-ethyl adjacent to an activating group) is 1. The van der Waals surface area contributed by atoms with Gasteiger partial charge in [-0.3, -0.25) is 0 Å². The standard InChI is InChI=1S/C13H20N2/c1-4-10-7-6-8-12-13(10)14-11(5-2)9-15(12)3/h6-8,11,14H,4-5,9H2,1-3H3. The molecule has 2 nitrogen and oxygen atoms in total. The molecule has 1 aromatic rings. The second-order valence-corrected chi connectivity index (χ2v) is 4.29. The third-order valence-corrected chi connectivity index (χ3v) is 3.26. The molecule has 1 unspecified atom stereocenters. The smallest absolute Gasteiger partial charge is 0.0613 e. The molecular formula is C13H20N2. The molecule has 0 fully saturated rings. The van der Waals surface area contributed by atoms with Crippen LogP contribution >= 0.6 is 0 Å². The summed E-state index contributed by atoms with van der Waals surface area (Å²) in [7, 11) is 2.18. The minimum atomic E-state index is 0.593. The molecule has 1 atom stereocenters. The quantitative estimate of drug-likeness (QED) is 0.797. The van der Waals surface area contributed by atoms with Gasteiger partial charge in [0, 0.05) is 19.6 Å². The Morgan fingerprint density at radius 1 is 1.40 bits per heavy atom. The van der Waals surface area contributed by atoms with Gasteiger partial charge in [0.2, 0.25) is 0 Å². The van der Waals surface area contributed by atoms with Crippen LogP contribution in [0.4, 0.5) is 11.4 Å². The predicted octanol–water partition coefficient (Wildman–Crippen LogP) is 2.89. The first-order chi connectivity index (χ1) is 7.26. The van der Waals surface area contributed by atoms with Crippen LogP contribution in [0, 0.1) is 0 Å². The number of para-hydroxylation sites is 1. The maximum Gasteiger partial charge on any atom is 0.0613 e. The summed E-state index contributed by atoms with van der Waals surface area (Å²) in [5.41, 5.74) is 4.12. The van der Waals surface area contributed by atoms with E-state index < -0.39 is 0 Å². The molecule has 1 heterocycles. The van der Waals surface area contributed by atoms with E-state index in [4.69, 9.17) is 0 Å². The van der Waals surface area contributed by atoms with Gasteiger partial charge in [0.05, 0.1) is 11.4 Å². The maximum atomic E-state index is 3.65. The van der Waals surface area contributed by atoms with Crippen LogP contribution in [0.5, 0.6) is 0 Å². The van der Waals surface area contributed by atoms with Crippen molar-refractivity contribution in [1.82, 2.24) is 0 Å². The predicted molar refractivity (Wildman–Crippen MR) is 66.8 cm³/mol. The first kappa shape index (κ1) is 10.3. The molecular weight excluding hydrogens is 184 g/mol. The molecule has 1 aliphatic heterocycles. The molecule has 1 aliphatic rings. The van der Waals surface area contributed by atoms with Crippen LogP contribution in [0.3, 0.4) is 0 Å². The minimum absolute atomic E-state index is 0.593. The molecule has 1 N–H and O–H groups in total. The third kappa shape index (κ3) is 1.81. The van der Waals surface area contributed by atoms with E-state index in [-0.39, 0.29) is 0 Å². The van der Waals surface area contributed by atoms with Crippen molar-refractivity contribution >= 4 is 11.4 Å². The van der Waals surface area contributed by atoms with Crippen LogP contribution < -0.4 is 10.2 Å². The molecule has 0 radical (unpaired) electrons. The van der Waals surface area contributed by atoms with Gasteiger partial charge in [-0.05, 0) is 24.5 Å². The monoisotopic (exact) mass is 204 g/mol. The van der Waals surface area contributed by atoms with Crippen LogP contribution in [-0.4, -0.2) is 19.6 Å². The largest absolute Gasteiger partial charge is 0.379 e. The van der Waals surface area contributed by atoms with Crippen molar-refractivity contribution in [2.45, 2.75) is 32.7 Å². The minimum Gasteiger partial charge on any atom is -0.379 e. The number of anilines is 2. The van der Waals surface area contributed by atoms with Gasteiger partial charge >= 0.3 is 0 Å². The van der Waals surface area contributed by atoms with E-state index in [1.165, 1.54) is 23.4 Å². The molecule has 0 aromatic heterocycles. The van der Waals surface area contributed by atoms with Gasteiger partial charge in [-0.25, -0.2) is 0 Å². The third-order valence-electron chi connectivity index (χ3n) is 3.26. The summed E-state index contributed by atoms with van der Waals surface area (Å²) < 4.78 is 0. The number of aryl methyl sites for hydroxylation is 1. The number of benzene rings is 1. The van der Waals surface area contributed by atoms with Crippen LogP contribution in [-0.2, 0) is 6.42 Å².